The Balaban J connectivity index is 0.000000469. The first-order chi connectivity index (χ1) is 14.4. The fourth-order valence-electron chi connectivity index (χ4n) is 3.12. The summed E-state index contributed by atoms with van der Waals surface area (Å²) in [6.07, 6.45) is 0. The number of aliphatic carboxylic acids is 2. The SMILES string of the molecule is COc1ccc(CN2CCN(Cc3cccc(OC)c3)CC2)cc1.O=C(O)C(=O)O. The summed E-state index contributed by atoms with van der Waals surface area (Å²) in [6, 6.07) is 16.7. The molecule has 0 saturated carbocycles. The van der Waals surface area contributed by atoms with Crippen molar-refractivity contribution in [3.8, 4) is 11.5 Å². The van der Waals surface area contributed by atoms with Crippen molar-refractivity contribution in [2.24, 2.45) is 0 Å². The van der Waals surface area contributed by atoms with Crippen LogP contribution in [0.15, 0.2) is 48.5 Å². The number of carboxylic acids is 2. The molecule has 162 valence electrons. The molecule has 0 aliphatic carbocycles. The summed E-state index contributed by atoms with van der Waals surface area (Å²) in [5.74, 6) is -1.79. The second-order valence-electron chi connectivity index (χ2n) is 6.86. The first kappa shape index (κ1) is 23.2. The molecule has 2 aromatic rings. The molecule has 0 radical (unpaired) electrons. The van der Waals surface area contributed by atoms with E-state index in [0.717, 1.165) is 50.8 Å². The van der Waals surface area contributed by atoms with E-state index in [9.17, 15) is 0 Å². The highest BCUT2D eigenvalue weighted by Gasteiger charge is 2.17. The van der Waals surface area contributed by atoms with Crippen LogP contribution in [-0.4, -0.2) is 72.4 Å². The summed E-state index contributed by atoms with van der Waals surface area (Å²) in [4.78, 5) is 23.2. The van der Waals surface area contributed by atoms with Gasteiger partial charge in [-0.2, -0.15) is 0 Å². The number of methoxy groups -OCH3 is 2. The molecule has 8 nitrogen and oxygen atoms in total. The van der Waals surface area contributed by atoms with Crippen LogP contribution in [0, 0.1) is 0 Å². The van der Waals surface area contributed by atoms with Crippen LogP contribution in [0.3, 0.4) is 0 Å². The van der Waals surface area contributed by atoms with Crippen LogP contribution in [0.5, 0.6) is 11.5 Å². The molecular weight excluding hydrogens is 388 g/mol. The molecular formula is C22H28N2O6. The quantitative estimate of drug-likeness (QED) is 0.692. The zero-order chi connectivity index (χ0) is 21.9. The third-order valence-electron chi connectivity index (χ3n) is 4.75. The minimum absolute atomic E-state index is 0.918. The number of carbonyl (C=O) groups is 2. The van der Waals surface area contributed by atoms with Gasteiger partial charge in [-0.1, -0.05) is 24.3 Å². The van der Waals surface area contributed by atoms with Crippen molar-refractivity contribution >= 4 is 11.9 Å². The van der Waals surface area contributed by atoms with E-state index in [-0.39, 0.29) is 0 Å². The third-order valence-corrected chi connectivity index (χ3v) is 4.75. The van der Waals surface area contributed by atoms with E-state index in [1.54, 1.807) is 14.2 Å². The zero-order valence-electron chi connectivity index (χ0n) is 17.3. The molecule has 0 spiro atoms. The minimum Gasteiger partial charge on any atom is -0.497 e. The second-order valence-corrected chi connectivity index (χ2v) is 6.86. The number of hydrogen-bond acceptors (Lipinski definition) is 6. The minimum atomic E-state index is -1.82. The lowest BCUT2D eigenvalue weighted by molar-refractivity contribution is -0.159. The maximum absolute atomic E-state index is 9.10. The molecule has 1 fully saturated rings. The molecule has 1 aliphatic rings. The van der Waals surface area contributed by atoms with E-state index < -0.39 is 11.9 Å². The van der Waals surface area contributed by atoms with Crippen molar-refractivity contribution in [2.45, 2.75) is 13.1 Å². The predicted octanol–water partition coefficient (Wildman–Crippen LogP) is 2.18. The van der Waals surface area contributed by atoms with E-state index in [0.29, 0.717) is 0 Å². The molecule has 0 bridgehead atoms. The molecule has 0 aromatic heterocycles. The highest BCUT2D eigenvalue weighted by Crippen LogP contribution is 2.17. The Kier molecular flexibility index (Phi) is 9.11. The molecule has 3 rings (SSSR count). The molecule has 0 atom stereocenters. The van der Waals surface area contributed by atoms with Gasteiger partial charge in [-0.15, -0.1) is 0 Å². The van der Waals surface area contributed by atoms with Crippen molar-refractivity contribution in [1.82, 2.24) is 9.80 Å². The van der Waals surface area contributed by atoms with E-state index in [4.69, 9.17) is 29.3 Å². The fraction of sp³-hybridized carbons (Fsp3) is 0.364. The monoisotopic (exact) mass is 416 g/mol. The van der Waals surface area contributed by atoms with Gasteiger partial charge in [0.1, 0.15) is 11.5 Å². The summed E-state index contributed by atoms with van der Waals surface area (Å²) < 4.78 is 10.5. The molecule has 30 heavy (non-hydrogen) atoms. The molecule has 0 unspecified atom stereocenters. The molecule has 1 aliphatic heterocycles. The maximum Gasteiger partial charge on any atom is 0.414 e. The summed E-state index contributed by atoms with van der Waals surface area (Å²) in [7, 11) is 3.42. The average Bonchev–Trinajstić information content (AvgIpc) is 2.76. The van der Waals surface area contributed by atoms with Gasteiger partial charge >= 0.3 is 11.9 Å². The van der Waals surface area contributed by atoms with Crippen molar-refractivity contribution in [3.63, 3.8) is 0 Å². The normalized spacial score (nSPS) is 14.3. The van der Waals surface area contributed by atoms with Gasteiger partial charge in [0.15, 0.2) is 0 Å². The van der Waals surface area contributed by atoms with E-state index >= 15 is 0 Å². The smallest absolute Gasteiger partial charge is 0.414 e. The fourth-order valence-corrected chi connectivity index (χ4v) is 3.12. The Labute approximate surface area is 176 Å². The van der Waals surface area contributed by atoms with Crippen LogP contribution in [-0.2, 0) is 22.7 Å². The lowest BCUT2D eigenvalue weighted by atomic mass is 10.1. The predicted molar refractivity (Wildman–Crippen MR) is 112 cm³/mol. The molecule has 0 amide bonds. The Morgan fingerprint density at radius 3 is 1.73 bits per heavy atom. The van der Waals surface area contributed by atoms with Gasteiger partial charge in [-0.3, -0.25) is 9.80 Å². The van der Waals surface area contributed by atoms with Gasteiger partial charge in [0.25, 0.3) is 0 Å². The highest BCUT2D eigenvalue weighted by molar-refractivity contribution is 6.27. The number of ether oxygens (including phenoxy) is 2. The zero-order valence-corrected chi connectivity index (χ0v) is 17.3. The third kappa shape index (κ3) is 7.73. The topological polar surface area (TPSA) is 99.5 Å². The first-order valence-corrected chi connectivity index (χ1v) is 9.58. The molecule has 2 aromatic carbocycles. The van der Waals surface area contributed by atoms with Crippen molar-refractivity contribution in [1.29, 1.82) is 0 Å². The molecule has 8 heteroatoms. The maximum atomic E-state index is 9.10. The first-order valence-electron chi connectivity index (χ1n) is 9.58. The van der Waals surface area contributed by atoms with Crippen molar-refractivity contribution in [3.05, 3.63) is 59.7 Å². The highest BCUT2D eigenvalue weighted by atomic mass is 16.5. The van der Waals surface area contributed by atoms with Crippen LogP contribution < -0.4 is 9.47 Å². The van der Waals surface area contributed by atoms with Crippen LogP contribution in [0.25, 0.3) is 0 Å². The Morgan fingerprint density at radius 1 is 0.767 bits per heavy atom. The van der Waals surface area contributed by atoms with Crippen LogP contribution in [0.2, 0.25) is 0 Å². The Bertz CT molecular complexity index is 805. The van der Waals surface area contributed by atoms with E-state index in [1.807, 2.05) is 18.2 Å². The Hall–Kier alpha value is -3.10. The van der Waals surface area contributed by atoms with E-state index in [1.165, 1.54) is 11.1 Å². The average molecular weight is 416 g/mol. The summed E-state index contributed by atoms with van der Waals surface area (Å²) in [5, 5.41) is 14.8. The number of benzene rings is 2. The second kappa shape index (κ2) is 11.8. The van der Waals surface area contributed by atoms with Crippen molar-refractivity contribution < 1.29 is 29.3 Å². The summed E-state index contributed by atoms with van der Waals surface area (Å²) in [5.41, 5.74) is 2.66. The number of piperazine rings is 1. The molecule has 2 N–H and O–H groups in total. The standard InChI is InChI=1S/C20H26N2O2.C2H2O4/c1-23-19-8-6-17(7-9-19)15-21-10-12-22(13-11-21)16-18-4-3-5-20(14-18)24-2;3-1(4)2(5)6/h3-9,14H,10-13,15-16H2,1-2H3;(H,3,4)(H,5,6). The van der Waals surface area contributed by atoms with Gasteiger partial charge in [-0.05, 0) is 35.4 Å². The van der Waals surface area contributed by atoms with Crippen LogP contribution >= 0.6 is 0 Å². The van der Waals surface area contributed by atoms with E-state index in [2.05, 4.69) is 40.1 Å². The number of carboxylic acid groups (broad SMARTS) is 2. The Morgan fingerprint density at radius 2 is 1.27 bits per heavy atom. The number of nitrogens with zero attached hydrogens (tertiary/aromatic N) is 2. The summed E-state index contributed by atoms with van der Waals surface area (Å²) >= 11 is 0. The van der Waals surface area contributed by atoms with Gasteiger partial charge in [0, 0.05) is 39.3 Å². The van der Waals surface area contributed by atoms with Gasteiger partial charge < -0.3 is 19.7 Å². The van der Waals surface area contributed by atoms with Gasteiger partial charge in [0.2, 0.25) is 0 Å². The van der Waals surface area contributed by atoms with Crippen LogP contribution in [0.4, 0.5) is 0 Å². The van der Waals surface area contributed by atoms with Crippen molar-refractivity contribution in [2.75, 3.05) is 40.4 Å². The molecule has 1 saturated heterocycles. The van der Waals surface area contributed by atoms with Gasteiger partial charge in [-0.25, -0.2) is 9.59 Å². The largest absolute Gasteiger partial charge is 0.497 e. The lowest BCUT2D eigenvalue weighted by Gasteiger charge is -2.34. The van der Waals surface area contributed by atoms with Gasteiger partial charge in [0.05, 0.1) is 14.2 Å². The van der Waals surface area contributed by atoms with Crippen LogP contribution in [0.1, 0.15) is 11.1 Å². The summed E-state index contributed by atoms with van der Waals surface area (Å²) in [6.45, 7) is 6.43. The number of hydrogen-bond donors (Lipinski definition) is 2. The molecule has 1 heterocycles. The lowest BCUT2D eigenvalue weighted by Crippen LogP contribution is -2.45. The number of rotatable bonds is 6.